The first-order valence-corrected chi connectivity index (χ1v) is 10.2. The fourth-order valence-electron chi connectivity index (χ4n) is 1.84. The molecule has 0 aliphatic carbocycles. The number of phosphoric ester groups is 1. The number of hydrogen-bond donors (Lipinski definition) is 1. The van der Waals surface area contributed by atoms with Gasteiger partial charge in [0.05, 0.1) is 5.25 Å². The number of carbonyl (C=O) groups is 2. The molecule has 0 aromatic carbocycles. The summed E-state index contributed by atoms with van der Waals surface area (Å²) in [6.45, 7) is 5.66. The summed E-state index contributed by atoms with van der Waals surface area (Å²) in [6, 6.07) is 0. The number of nitrogens with zero attached hydrogens (tertiary/aromatic N) is 4. The summed E-state index contributed by atoms with van der Waals surface area (Å²) in [4.78, 5) is 36.0. The van der Waals surface area contributed by atoms with Crippen LogP contribution in [0.4, 0.5) is 0 Å². The molecule has 2 saturated heterocycles. The van der Waals surface area contributed by atoms with Gasteiger partial charge in [-0.2, -0.15) is 0 Å². The smallest absolute Gasteiger partial charge is 0.302 e. The van der Waals surface area contributed by atoms with Gasteiger partial charge in [-0.15, -0.1) is 16.8 Å². The largest absolute Gasteiger partial charge is 0.473 e. The first-order valence-electron chi connectivity index (χ1n) is 6.96. The van der Waals surface area contributed by atoms with Crippen LogP contribution in [-0.4, -0.2) is 68.2 Å². The van der Waals surface area contributed by atoms with E-state index >= 15 is 0 Å². The third-order valence-corrected chi connectivity index (χ3v) is 6.38. The molecule has 25 heavy (non-hydrogen) atoms. The number of hydrogen-bond acceptors (Lipinski definition) is 9. The van der Waals surface area contributed by atoms with Crippen LogP contribution in [0.5, 0.6) is 0 Å². The Kier molecular flexibility index (Phi) is 6.46. The zero-order valence-electron chi connectivity index (χ0n) is 13.7. The van der Waals surface area contributed by atoms with E-state index in [9.17, 15) is 19.0 Å². The molecule has 0 spiro atoms. The number of rotatable bonds is 6. The number of phosphoric acid groups is 1. The summed E-state index contributed by atoms with van der Waals surface area (Å²) in [6.07, 6.45) is 1.58. The van der Waals surface area contributed by atoms with Crippen LogP contribution in [-0.2, 0) is 23.2 Å². The van der Waals surface area contributed by atoms with Crippen LogP contribution >= 0.6 is 31.3 Å². The quantitative estimate of drug-likeness (QED) is 0.393. The van der Waals surface area contributed by atoms with E-state index in [0.717, 1.165) is 23.8 Å². The predicted octanol–water partition coefficient (Wildman–Crippen LogP) is 1.06. The van der Waals surface area contributed by atoms with E-state index in [0.29, 0.717) is 11.7 Å². The molecule has 13 heteroatoms. The van der Waals surface area contributed by atoms with Crippen molar-refractivity contribution in [2.75, 3.05) is 20.7 Å². The molecular formula is C12H17N4O6PS2. The fraction of sp³-hybridized carbons (Fsp3) is 0.500. The third-order valence-electron chi connectivity index (χ3n) is 3.15. The molecule has 10 nitrogen and oxygen atoms in total. The van der Waals surface area contributed by atoms with E-state index in [4.69, 9.17) is 4.52 Å². The Morgan fingerprint density at radius 1 is 1.32 bits per heavy atom. The van der Waals surface area contributed by atoms with Crippen molar-refractivity contribution in [1.82, 2.24) is 9.80 Å². The molecule has 1 N–H and O–H groups in total. The number of thioether (sulfide) groups is 2. The summed E-state index contributed by atoms with van der Waals surface area (Å²) in [7, 11) is -1.88. The van der Waals surface area contributed by atoms with E-state index in [1.807, 2.05) is 0 Å². The molecule has 138 valence electrons. The molecule has 2 aliphatic heterocycles. The van der Waals surface area contributed by atoms with E-state index in [2.05, 4.69) is 21.3 Å². The Morgan fingerprint density at radius 2 is 1.96 bits per heavy atom. The second-order valence-electron chi connectivity index (χ2n) is 4.87. The number of amides is 2. The van der Waals surface area contributed by atoms with Gasteiger partial charge in [0.1, 0.15) is 0 Å². The van der Waals surface area contributed by atoms with Gasteiger partial charge in [0.2, 0.25) is 11.3 Å². The number of likely N-dealkylation sites (N-methyl/N-ethyl adjacent to an activating group) is 1. The molecule has 3 atom stereocenters. The molecule has 2 amide bonds. The zero-order chi connectivity index (χ0) is 18.8. The molecule has 0 aromatic rings. The van der Waals surface area contributed by atoms with Crippen molar-refractivity contribution in [3.05, 3.63) is 12.7 Å². The Morgan fingerprint density at radius 3 is 2.56 bits per heavy atom. The van der Waals surface area contributed by atoms with Gasteiger partial charge >= 0.3 is 7.82 Å². The number of carbonyl (C=O) groups excluding carboxylic acids is 2. The molecular weight excluding hydrogens is 391 g/mol. The first kappa shape index (κ1) is 20.1. The minimum Gasteiger partial charge on any atom is -0.302 e. The topological polar surface area (TPSA) is 121 Å². The SMILES string of the molecule is C=CCN1C(=O)C(C)SC1=NN=C1SC(OP(=O)(O)OC)C(=O)N1C. The maximum Gasteiger partial charge on any atom is 0.473 e. The molecule has 2 heterocycles. The van der Waals surface area contributed by atoms with Gasteiger partial charge in [-0.3, -0.25) is 28.4 Å². The van der Waals surface area contributed by atoms with Gasteiger partial charge in [-0.05, 0) is 18.7 Å². The average molecular weight is 408 g/mol. The lowest BCUT2D eigenvalue weighted by atomic mass is 10.4. The van der Waals surface area contributed by atoms with Crippen LogP contribution < -0.4 is 0 Å². The van der Waals surface area contributed by atoms with Gasteiger partial charge in [0, 0.05) is 20.7 Å². The van der Waals surface area contributed by atoms with Gasteiger partial charge in [0.25, 0.3) is 5.91 Å². The fourth-order valence-corrected chi connectivity index (χ4v) is 4.47. The monoisotopic (exact) mass is 408 g/mol. The van der Waals surface area contributed by atoms with Crippen molar-refractivity contribution >= 4 is 53.5 Å². The molecule has 2 rings (SSSR count). The van der Waals surface area contributed by atoms with E-state index in [-0.39, 0.29) is 16.3 Å². The maximum absolute atomic E-state index is 12.1. The Balaban J connectivity index is 2.18. The minimum atomic E-state index is -4.32. The lowest BCUT2D eigenvalue weighted by molar-refractivity contribution is -0.129. The minimum absolute atomic E-state index is 0.102. The molecule has 2 fully saturated rings. The summed E-state index contributed by atoms with van der Waals surface area (Å²) in [5, 5.41) is 8.29. The standard InChI is InChI=1S/C12H17N4O6PS2/c1-5-6-16-8(17)7(2)24-12(16)14-13-11-15(3)9(18)10(25-11)22-23(19,20)21-4/h5,7,10H,1,6H2,2-4H3,(H,19,20). The van der Waals surface area contributed by atoms with Crippen molar-refractivity contribution in [2.24, 2.45) is 10.2 Å². The van der Waals surface area contributed by atoms with E-state index < -0.39 is 19.2 Å². The van der Waals surface area contributed by atoms with Crippen molar-refractivity contribution in [3.8, 4) is 0 Å². The summed E-state index contributed by atoms with van der Waals surface area (Å²) >= 11 is 2.07. The van der Waals surface area contributed by atoms with Crippen molar-refractivity contribution < 1.29 is 28.1 Å². The van der Waals surface area contributed by atoms with Gasteiger partial charge in [-0.25, -0.2) is 4.57 Å². The van der Waals surface area contributed by atoms with Gasteiger partial charge < -0.3 is 4.89 Å². The molecule has 2 aliphatic rings. The Bertz CT molecular complexity index is 699. The van der Waals surface area contributed by atoms with Crippen LogP contribution in [0, 0.1) is 0 Å². The molecule has 0 bridgehead atoms. The van der Waals surface area contributed by atoms with Crippen molar-refractivity contribution in [3.63, 3.8) is 0 Å². The number of amidine groups is 2. The van der Waals surface area contributed by atoms with Gasteiger partial charge in [-0.1, -0.05) is 17.8 Å². The lowest BCUT2D eigenvalue weighted by Crippen LogP contribution is -2.31. The predicted molar refractivity (Wildman–Crippen MR) is 95.9 cm³/mol. The molecule has 0 saturated carbocycles. The third kappa shape index (κ3) is 4.52. The molecule has 3 unspecified atom stereocenters. The Labute approximate surface area is 152 Å². The maximum atomic E-state index is 12.1. The van der Waals surface area contributed by atoms with Crippen LogP contribution in [0.15, 0.2) is 22.9 Å². The van der Waals surface area contributed by atoms with E-state index in [1.54, 1.807) is 13.0 Å². The summed E-state index contributed by atoms with van der Waals surface area (Å²) in [5.41, 5.74) is -1.26. The lowest BCUT2D eigenvalue weighted by Gasteiger charge is -2.12. The molecule has 0 aromatic heterocycles. The highest BCUT2D eigenvalue weighted by Crippen LogP contribution is 2.47. The van der Waals surface area contributed by atoms with Crippen LogP contribution in [0.1, 0.15) is 6.92 Å². The van der Waals surface area contributed by atoms with Crippen LogP contribution in [0.3, 0.4) is 0 Å². The highest BCUT2D eigenvalue weighted by Gasteiger charge is 2.42. The normalized spacial score (nSPS) is 29.8. The van der Waals surface area contributed by atoms with Crippen molar-refractivity contribution in [2.45, 2.75) is 17.6 Å². The van der Waals surface area contributed by atoms with Crippen LogP contribution in [0.2, 0.25) is 0 Å². The second kappa shape index (κ2) is 8.02. The van der Waals surface area contributed by atoms with Gasteiger partial charge in [0.15, 0.2) is 10.3 Å². The zero-order valence-corrected chi connectivity index (χ0v) is 16.2. The molecule has 0 radical (unpaired) electrons. The highest BCUT2D eigenvalue weighted by atomic mass is 32.2. The van der Waals surface area contributed by atoms with Crippen LogP contribution in [0.25, 0.3) is 0 Å². The second-order valence-corrected chi connectivity index (χ2v) is 8.72. The Hall–Kier alpha value is -1.17. The van der Waals surface area contributed by atoms with E-state index in [1.165, 1.54) is 23.7 Å². The summed E-state index contributed by atoms with van der Waals surface area (Å²) in [5.74, 6) is -0.670. The highest BCUT2D eigenvalue weighted by molar-refractivity contribution is 8.16. The van der Waals surface area contributed by atoms with Crippen molar-refractivity contribution in [1.29, 1.82) is 0 Å². The first-order chi connectivity index (χ1) is 11.7. The summed E-state index contributed by atoms with van der Waals surface area (Å²) < 4.78 is 20.5. The average Bonchev–Trinajstić information content (AvgIpc) is 2.98.